The number of thiazole rings is 1. The molecular formula is C29H29ClN2O8S. The molecule has 12 heteroatoms. The molecule has 0 radical (unpaired) electrons. The third-order valence-electron chi connectivity index (χ3n) is 5.98. The number of hydrogen-bond acceptors (Lipinski definition) is 9. The highest BCUT2D eigenvalue weighted by Gasteiger charge is 2.35. The van der Waals surface area contributed by atoms with E-state index in [1.54, 1.807) is 32.1 Å². The van der Waals surface area contributed by atoms with Crippen molar-refractivity contribution in [2.24, 2.45) is 4.99 Å². The maximum atomic E-state index is 14.0. The second kappa shape index (κ2) is 12.6. The maximum Gasteiger partial charge on any atom is 0.341 e. The molecule has 0 saturated heterocycles. The quantitative estimate of drug-likeness (QED) is 0.349. The predicted molar refractivity (Wildman–Crippen MR) is 154 cm³/mol. The minimum atomic E-state index is -1.17. The number of carbonyl (C=O) groups excluding carboxylic acids is 1. The van der Waals surface area contributed by atoms with Crippen LogP contribution < -0.4 is 29.1 Å². The van der Waals surface area contributed by atoms with E-state index in [1.165, 1.54) is 17.7 Å². The lowest BCUT2D eigenvalue weighted by molar-refractivity contribution is -0.140. The summed E-state index contributed by atoms with van der Waals surface area (Å²) in [6.45, 7) is 6.78. The number of hydrogen-bond donors (Lipinski definition) is 1. The Balaban J connectivity index is 1.92. The number of rotatable bonds is 10. The average molecular weight is 601 g/mol. The van der Waals surface area contributed by atoms with Crippen molar-refractivity contribution in [1.82, 2.24) is 4.57 Å². The van der Waals surface area contributed by atoms with E-state index in [1.807, 2.05) is 32.0 Å². The van der Waals surface area contributed by atoms with E-state index in [4.69, 9.17) is 35.7 Å². The molecule has 41 heavy (non-hydrogen) atoms. The van der Waals surface area contributed by atoms with Gasteiger partial charge < -0.3 is 24.1 Å². The van der Waals surface area contributed by atoms with Crippen LogP contribution in [0.25, 0.3) is 6.08 Å². The number of para-hydroxylation sites is 1. The first kappa shape index (κ1) is 29.9. The van der Waals surface area contributed by atoms with Crippen molar-refractivity contribution in [2.45, 2.75) is 39.8 Å². The summed E-state index contributed by atoms with van der Waals surface area (Å²) in [5.74, 6) is -0.920. The van der Waals surface area contributed by atoms with Gasteiger partial charge in [0.1, 0.15) is 11.8 Å². The summed E-state index contributed by atoms with van der Waals surface area (Å²) in [6, 6.07) is 9.54. The Bertz CT molecular complexity index is 1710. The lowest BCUT2D eigenvalue weighted by Gasteiger charge is -2.26. The van der Waals surface area contributed by atoms with Crippen LogP contribution in [0.4, 0.5) is 0 Å². The number of fused-ring (bicyclic) bond motifs is 1. The van der Waals surface area contributed by atoms with Crippen LogP contribution in [0, 0.1) is 0 Å². The summed E-state index contributed by atoms with van der Waals surface area (Å²) in [5, 5.41) is 9.07. The van der Waals surface area contributed by atoms with Crippen molar-refractivity contribution in [2.75, 3.05) is 20.3 Å². The molecular weight excluding hydrogens is 572 g/mol. The number of carbonyl (C=O) groups is 2. The Kier molecular flexibility index (Phi) is 9.19. The number of aromatic nitrogens is 1. The molecule has 2 heterocycles. The number of allylic oxidation sites excluding steroid dienone is 1. The number of methoxy groups -OCH3 is 1. The summed E-state index contributed by atoms with van der Waals surface area (Å²) in [5.41, 5.74) is 1.44. The summed E-state index contributed by atoms with van der Waals surface area (Å²) in [6.07, 6.45) is 1.47. The smallest absolute Gasteiger partial charge is 0.341 e. The molecule has 0 spiro atoms. The van der Waals surface area contributed by atoms with Gasteiger partial charge in [-0.15, -0.1) is 0 Å². The van der Waals surface area contributed by atoms with Crippen LogP contribution in [0.2, 0.25) is 5.02 Å². The zero-order valence-corrected chi connectivity index (χ0v) is 24.7. The molecule has 1 aromatic heterocycles. The van der Waals surface area contributed by atoms with Crippen LogP contribution in [0.5, 0.6) is 17.2 Å². The minimum Gasteiger partial charge on any atom is -0.493 e. The van der Waals surface area contributed by atoms with Gasteiger partial charge in [-0.1, -0.05) is 41.1 Å². The standard InChI is InChI=1S/C29H29ClN2O8S/c1-6-38-28(36)24-16(4)31-29-32(25(24)18-9-7-8-10-20(18)40-15(2)3)27(35)22(41-29)13-17-11-19(30)26(21(12-17)37-5)39-14-23(33)34/h7-13,15,25H,6,14H2,1-5H3,(H,33,34)/b22-13+/t25-/m1/s1. The Morgan fingerprint density at radius 1 is 1.22 bits per heavy atom. The number of aliphatic carboxylic acids is 1. The van der Waals surface area contributed by atoms with E-state index in [0.717, 1.165) is 11.3 Å². The summed E-state index contributed by atoms with van der Waals surface area (Å²) < 4.78 is 23.9. The van der Waals surface area contributed by atoms with Crippen molar-refractivity contribution in [3.8, 4) is 17.2 Å². The first-order chi connectivity index (χ1) is 19.5. The van der Waals surface area contributed by atoms with Crippen LogP contribution in [-0.4, -0.2) is 48.0 Å². The van der Waals surface area contributed by atoms with E-state index in [9.17, 15) is 14.4 Å². The molecule has 0 unspecified atom stereocenters. The van der Waals surface area contributed by atoms with Crippen molar-refractivity contribution < 1.29 is 33.6 Å². The van der Waals surface area contributed by atoms with Crippen LogP contribution in [0.1, 0.15) is 44.9 Å². The Labute approximate surface area is 244 Å². The monoisotopic (exact) mass is 600 g/mol. The van der Waals surface area contributed by atoms with Crippen LogP contribution >= 0.6 is 22.9 Å². The van der Waals surface area contributed by atoms with Gasteiger partial charge in [0.25, 0.3) is 5.56 Å². The van der Waals surface area contributed by atoms with E-state index in [0.29, 0.717) is 31.9 Å². The Hall–Kier alpha value is -4.09. The van der Waals surface area contributed by atoms with Crippen LogP contribution in [0.15, 0.2) is 57.5 Å². The number of nitrogens with zero attached hydrogens (tertiary/aromatic N) is 2. The first-order valence-corrected chi connectivity index (χ1v) is 13.9. The second-order valence-electron chi connectivity index (χ2n) is 9.22. The van der Waals surface area contributed by atoms with Gasteiger partial charge >= 0.3 is 11.9 Å². The fourth-order valence-corrected chi connectivity index (χ4v) is 5.72. The van der Waals surface area contributed by atoms with E-state index >= 15 is 0 Å². The Morgan fingerprint density at radius 2 is 1.95 bits per heavy atom. The van der Waals surface area contributed by atoms with Gasteiger partial charge in [0.05, 0.1) is 40.6 Å². The fraction of sp³-hybridized carbons (Fsp3) is 0.310. The largest absolute Gasteiger partial charge is 0.493 e. The van der Waals surface area contributed by atoms with E-state index in [-0.39, 0.29) is 40.4 Å². The number of carboxylic acid groups (broad SMARTS) is 1. The molecule has 0 bridgehead atoms. The van der Waals surface area contributed by atoms with Gasteiger partial charge in [0, 0.05) is 5.56 Å². The normalized spacial score (nSPS) is 14.9. The molecule has 0 saturated carbocycles. The first-order valence-electron chi connectivity index (χ1n) is 12.7. The molecule has 1 N–H and O–H groups in total. The SMILES string of the molecule is CCOC(=O)C1=C(C)N=c2s/c(=C/c3cc(Cl)c(OCC(=O)O)c(OC)c3)c(=O)n2[C@@H]1c1ccccc1OC(C)C. The fourth-order valence-electron chi connectivity index (χ4n) is 4.40. The molecule has 216 valence electrons. The zero-order valence-electron chi connectivity index (χ0n) is 23.1. The van der Waals surface area contributed by atoms with Gasteiger partial charge in [-0.3, -0.25) is 9.36 Å². The molecule has 1 atom stereocenters. The van der Waals surface area contributed by atoms with Gasteiger partial charge in [-0.05, 0) is 57.5 Å². The van der Waals surface area contributed by atoms with Gasteiger partial charge in [-0.2, -0.15) is 0 Å². The molecule has 0 aliphatic carbocycles. The molecule has 10 nitrogen and oxygen atoms in total. The molecule has 0 fully saturated rings. The van der Waals surface area contributed by atoms with Gasteiger partial charge in [0.2, 0.25) is 0 Å². The second-order valence-corrected chi connectivity index (χ2v) is 10.6. The van der Waals surface area contributed by atoms with Crippen LogP contribution in [0.3, 0.4) is 0 Å². The topological polar surface area (TPSA) is 126 Å². The highest BCUT2D eigenvalue weighted by molar-refractivity contribution is 7.07. The molecule has 1 aliphatic rings. The number of carboxylic acids is 1. The lowest BCUT2D eigenvalue weighted by Crippen LogP contribution is -2.40. The number of esters is 1. The van der Waals surface area contributed by atoms with Gasteiger partial charge in [0.15, 0.2) is 22.9 Å². The highest BCUT2D eigenvalue weighted by atomic mass is 35.5. The molecule has 3 aromatic rings. The number of ether oxygens (including phenoxy) is 4. The third-order valence-corrected chi connectivity index (χ3v) is 7.25. The van der Waals surface area contributed by atoms with Gasteiger partial charge in [-0.25, -0.2) is 14.6 Å². The molecule has 4 rings (SSSR count). The zero-order chi connectivity index (χ0) is 29.8. The lowest BCUT2D eigenvalue weighted by atomic mass is 9.95. The van der Waals surface area contributed by atoms with Crippen LogP contribution in [-0.2, 0) is 14.3 Å². The minimum absolute atomic E-state index is 0.0756. The predicted octanol–water partition coefficient (Wildman–Crippen LogP) is 3.71. The maximum absolute atomic E-state index is 14.0. The van der Waals surface area contributed by atoms with E-state index in [2.05, 4.69) is 4.99 Å². The summed E-state index contributed by atoms with van der Waals surface area (Å²) >= 11 is 7.53. The van der Waals surface area contributed by atoms with Crippen molar-refractivity contribution in [3.05, 3.63) is 83.5 Å². The molecule has 0 amide bonds. The average Bonchev–Trinajstić information content (AvgIpc) is 3.21. The Morgan fingerprint density at radius 3 is 2.61 bits per heavy atom. The summed E-state index contributed by atoms with van der Waals surface area (Å²) in [7, 11) is 1.40. The third kappa shape index (κ3) is 6.31. The highest BCUT2D eigenvalue weighted by Crippen LogP contribution is 2.38. The van der Waals surface area contributed by atoms with E-state index < -0.39 is 24.6 Å². The van der Waals surface area contributed by atoms with Crippen molar-refractivity contribution in [3.63, 3.8) is 0 Å². The van der Waals surface area contributed by atoms with Crippen molar-refractivity contribution in [1.29, 1.82) is 0 Å². The number of benzene rings is 2. The molecule has 1 aliphatic heterocycles. The molecule has 2 aromatic carbocycles. The summed E-state index contributed by atoms with van der Waals surface area (Å²) in [4.78, 5) is 43.1. The van der Waals surface area contributed by atoms with Crippen molar-refractivity contribution >= 4 is 41.0 Å². The number of halogens is 1.